The number of ether oxygens (including phenoxy) is 3. The number of nitrogens with zero attached hydrogens (tertiary/aromatic N) is 2. The average molecular weight is 399 g/mol. The summed E-state index contributed by atoms with van der Waals surface area (Å²) in [6, 6.07) is 3.87. The maximum Gasteiger partial charge on any atom is 0.387 e. The molecular formula is C18H23F2N3O5. The van der Waals surface area contributed by atoms with E-state index in [0.717, 1.165) is 12.8 Å². The molecule has 2 aliphatic rings. The summed E-state index contributed by atoms with van der Waals surface area (Å²) >= 11 is 0. The monoisotopic (exact) mass is 399 g/mol. The van der Waals surface area contributed by atoms with Crippen molar-refractivity contribution >= 4 is 17.6 Å². The number of amides is 3. The molecule has 2 heterocycles. The van der Waals surface area contributed by atoms with Gasteiger partial charge in [0.15, 0.2) is 11.5 Å². The van der Waals surface area contributed by atoms with Crippen LogP contribution in [0.25, 0.3) is 0 Å². The quantitative estimate of drug-likeness (QED) is 0.821. The van der Waals surface area contributed by atoms with Crippen molar-refractivity contribution < 1.29 is 32.6 Å². The van der Waals surface area contributed by atoms with Crippen LogP contribution in [0.2, 0.25) is 0 Å². The first-order chi connectivity index (χ1) is 13.5. The molecule has 28 heavy (non-hydrogen) atoms. The van der Waals surface area contributed by atoms with Crippen LogP contribution in [0, 0.1) is 0 Å². The van der Waals surface area contributed by atoms with E-state index in [1.54, 1.807) is 9.80 Å². The number of halogens is 2. The van der Waals surface area contributed by atoms with E-state index in [1.165, 1.54) is 25.3 Å². The Labute approximate surface area is 161 Å². The molecule has 8 nitrogen and oxygen atoms in total. The van der Waals surface area contributed by atoms with Crippen molar-refractivity contribution in [3.63, 3.8) is 0 Å². The van der Waals surface area contributed by atoms with Gasteiger partial charge in [-0.25, -0.2) is 4.79 Å². The topological polar surface area (TPSA) is 80.3 Å². The van der Waals surface area contributed by atoms with E-state index < -0.39 is 6.61 Å². The Hall–Kier alpha value is -2.62. The predicted octanol–water partition coefficient (Wildman–Crippen LogP) is 2.15. The fourth-order valence-electron chi connectivity index (χ4n) is 3.25. The summed E-state index contributed by atoms with van der Waals surface area (Å²) in [4.78, 5) is 28.1. The van der Waals surface area contributed by atoms with E-state index in [0.29, 0.717) is 38.5 Å². The third-order valence-corrected chi connectivity index (χ3v) is 4.71. The smallest absolute Gasteiger partial charge is 0.387 e. The number of carbonyl (C=O) groups excluding carboxylic acids is 2. The first-order valence-electron chi connectivity index (χ1n) is 9.07. The van der Waals surface area contributed by atoms with Gasteiger partial charge in [-0.15, -0.1) is 0 Å². The maximum absolute atomic E-state index is 12.5. The van der Waals surface area contributed by atoms with Crippen LogP contribution in [0.15, 0.2) is 18.2 Å². The molecule has 1 aromatic carbocycles. The molecule has 0 aromatic heterocycles. The Morgan fingerprint density at radius 1 is 1.18 bits per heavy atom. The van der Waals surface area contributed by atoms with Gasteiger partial charge in [0.25, 0.3) is 5.91 Å². The Bertz CT molecular complexity index is 704. The number of anilines is 1. The molecule has 2 aliphatic heterocycles. The molecule has 3 amide bonds. The number of benzene rings is 1. The number of hydrogen-bond acceptors (Lipinski definition) is 5. The Kier molecular flexibility index (Phi) is 6.50. The minimum atomic E-state index is -3.01. The third-order valence-electron chi connectivity index (χ3n) is 4.71. The lowest BCUT2D eigenvalue weighted by Gasteiger charge is -2.35. The van der Waals surface area contributed by atoms with Gasteiger partial charge in [0.2, 0.25) is 0 Å². The minimum Gasteiger partial charge on any atom is -0.493 e. The number of nitrogens with one attached hydrogen (secondary N) is 1. The zero-order valence-electron chi connectivity index (χ0n) is 15.5. The molecule has 0 aliphatic carbocycles. The molecule has 0 saturated carbocycles. The van der Waals surface area contributed by atoms with Crippen LogP contribution in [-0.4, -0.2) is 74.3 Å². The van der Waals surface area contributed by atoms with Gasteiger partial charge >= 0.3 is 12.6 Å². The largest absolute Gasteiger partial charge is 0.493 e. The average Bonchev–Trinajstić information content (AvgIpc) is 3.22. The lowest BCUT2D eigenvalue weighted by atomic mass is 10.2. The summed E-state index contributed by atoms with van der Waals surface area (Å²) in [5.74, 6) is -0.0525. The number of hydrogen-bond donors (Lipinski definition) is 1. The van der Waals surface area contributed by atoms with Gasteiger partial charge < -0.3 is 29.3 Å². The molecule has 1 atom stereocenters. The van der Waals surface area contributed by atoms with Crippen molar-refractivity contribution in [2.45, 2.75) is 25.6 Å². The van der Waals surface area contributed by atoms with E-state index in [4.69, 9.17) is 9.47 Å². The van der Waals surface area contributed by atoms with Crippen LogP contribution in [-0.2, 0) is 9.53 Å². The second-order valence-electron chi connectivity index (χ2n) is 6.49. The molecular weight excluding hydrogens is 376 g/mol. The van der Waals surface area contributed by atoms with E-state index in [2.05, 4.69) is 10.1 Å². The molecule has 0 spiro atoms. The number of alkyl halides is 2. The lowest BCUT2D eigenvalue weighted by molar-refractivity contribution is -0.142. The van der Waals surface area contributed by atoms with Crippen LogP contribution in [0.1, 0.15) is 12.8 Å². The molecule has 154 valence electrons. The van der Waals surface area contributed by atoms with Crippen molar-refractivity contribution in [3.8, 4) is 11.5 Å². The number of urea groups is 1. The van der Waals surface area contributed by atoms with Crippen molar-refractivity contribution in [3.05, 3.63) is 18.2 Å². The van der Waals surface area contributed by atoms with Crippen molar-refractivity contribution in [1.29, 1.82) is 0 Å². The minimum absolute atomic E-state index is 0.0264. The second kappa shape index (κ2) is 9.05. The highest BCUT2D eigenvalue weighted by molar-refractivity contribution is 5.90. The molecule has 1 aromatic rings. The fourth-order valence-corrected chi connectivity index (χ4v) is 3.25. The van der Waals surface area contributed by atoms with Crippen LogP contribution >= 0.6 is 0 Å². The van der Waals surface area contributed by atoms with Crippen molar-refractivity contribution in [2.75, 3.05) is 45.2 Å². The van der Waals surface area contributed by atoms with E-state index in [9.17, 15) is 18.4 Å². The molecule has 1 N–H and O–H groups in total. The van der Waals surface area contributed by atoms with Gasteiger partial charge in [-0.2, -0.15) is 8.78 Å². The Morgan fingerprint density at radius 3 is 2.50 bits per heavy atom. The highest BCUT2D eigenvalue weighted by Crippen LogP contribution is 2.31. The molecule has 1 unspecified atom stereocenters. The Balaban J connectivity index is 1.55. The second-order valence-corrected chi connectivity index (χ2v) is 6.49. The normalized spacial score (nSPS) is 19.6. The number of carbonyl (C=O) groups is 2. The van der Waals surface area contributed by atoms with Crippen molar-refractivity contribution in [1.82, 2.24) is 9.80 Å². The Morgan fingerprint density at radius 2 is 1.89 bits per heavy atom. The van der Waals surface area contributed by atoms with Crippen LogP contribution < -0.4 is 14.8 Å². The summed E-state index contributed by atoms with van der Waals surface area (Å²) in [7, 11) is 1.34. The van der Waals surface area contributed by atoms with Gasteiger partial charge in [-0.1, -0.05) is 0 Å². The maximum atomic E-state index is 12.5. The molecule has 2 fully saturated rings. The van der Waals surface area contributed by atoms with Gasteiger partial charge in [-0.3, -0.25) is 4.79 Å². The van der Waals surface area contributed by atoms with Gasteiger partial charge in [0.05, 0.1) is 7.11 Å². The van der Waals surface area contributed by atoms with E-state index in [1.807, 2.05) is 0 Å². The number of rotatable bonds is 5. The van der Waals surface area contributed by atoms with E-state index >= 15 is 0 Å². The molecule has 0 bridgehead atoms. The summed E-state index contributed by atoms with van der Waals surface area (Å²) in [6.45, 7) is -0.794. The highest BCUT2D eigenvalue weighted by atomic mass is 19.3. The van der Waals surface area contributed by atoms with Crippen LogP contribution in [0.4, 0.5) is 19.3 Å². The van der Waals surface area contributed by atoms with Gasteiger partial charge in [0.1, 0.15) is 6.10 Å². The van der Waals surface area contributed by atoms with Crippen molar-refractivity contribution in [2.24, 2.45) is 0 Å². The van der Waals surface area contributed by atoms with Crippen LogP contribution in [0.3, 0.4) is 0 Å². The number of methoxy groups -OCH3 is 1. The first kappa shape index (κ1) is 20.1. The predicted molar refractivity (Wildman–Crippen MR) is 95.8 cm³/mol. The van der Waals surface area contributed by atoms with Crippen LogP contribution in [0.5, 0.6) is 11.5 Å². The standard InChI is InChI=1S/C18H23F2N3O5/c1-26-13-5-4-12(11-15(13)28-17(19)20)21-18(25)23-8-6-22(7-9-23)16(24)14-3-2-10-27-14/h4-5,11,14,17H,2-3,6-10H2,1H3,(H,21,25). The fraction of sp³-hybridized carbons (Fsp3) is 0.556. The molecule has 0 radical (unpaired) electrons. The SMILES string of the molecule is COc1ccc(NC(=O)N2CCN(C(=O)C3CCCO3)CC2)cc1OC(F)F. The highest BCUT2D eigenvalue weighted by Gasteiger charge is 2.31. The zero-order chi connectivity index (χ0) is 20.1. The molecule has 3 rings (SSSR count). The van der Waals surface area contributed by atoms with Gasteiger partial charge in [0, 0.05) is 44.5 Å². The van der Waals surface area contributed by atoms with E-state index in [-0.39, 0.29) is 29.5 Å². The third kappa shape index (κ3) is 4.80. The number of piperazine rings is 1. The molecule has 2 saturated heterocycles. The lowest BCUT2D eigenvalue weighted by Crippen LogP contribution is -2.53. The van der Waals surface area contributed by atoms with Gasteiger partial charge in [-0.05, 0) is 25.0 Å². The summed E-state index contributed by atoms with van der Waals surface area (Å²) < 4.78 is 39.8. The summed E-state index contributed by atoms with van der Waals surface area (Å²) in [5.41, 5.74) is 0.305. The first-order valence-corrected chi connectivity index (χ1v) is 9.07. The summed E-state index contributed by atoms with van der Waals surface area (Å²) in [6.07, 6.45) is 1.26. The summed E-state index contributed by atoms with van der Waals surface area (Å²) in [5, 5.41) is 2.65. The zero-order valence-corrected chi connectivity index (χ0v) is 15.5. The molecule has 10 heteroatoms.